The summed E-state index contributed by atoms with van der Waals surface area (Å²) in [7, 11) is 1.60. The fourth-order valence-corrected chi connectivity index (χ4v) is 3.82. The molecule has 0 radical (unpaired) electrons. The number of nitrogens with zero attached hydrogens (tertiary/aromatic N) is 2. The molecule has 2 heterocycles. The molecule has 0 aliphatic carbocycles. The Morgan fingerprint density at radius 2 is 1.64 bits per heavy atom. The van der Waals surface area contributed by atoms with Crippen LogP contribution in [0.1, 0.15) is 48.9 Å². The van der Waals surface area contributed by atoms with Gasteiger partial charge in [-0.25, -0.2) is 0 Å². The SMILES string of the molecule is COc1cccc(C(=O)N2CCC(C(=O)N3CCCCCC3)CC2)c1. The molecule has 1 aromatic carbocycles. The van der Waals surface area contributed by atoms with Crippen LogP contribution in [0.25, 0.3) is 0 Å². The van der Waals surface area contributed by atoms with Crippen molar-refractivity contribution < 1.29 is 14.3 Å². The zero-order chi connectivity index (χ0) is 17.6. The summed E-state index contributed by atoms with van der Waals surface area (Å²) in [6.07, 6.45) is 6.25. The second-order valence-corrected chi connectivity index (χ2v) is 7.04. The number of carbonyl (C=O) groups excluding carboxylic acids is 2. The minimum Gasteiger partial charge on any atom is -0.497 e. The predicted molar refractivity (Wildman–Crippen MR) is 96.7 cm³/mol. The Bertz CT molecular complexity index is 601. The number of carbonyl (C=O) groups is 2. The van der Waals surface area contributed by atoms with Crippen molar-refractivity contribution in [2.45, 2.75) is 38.5 Å². The number of benzene rings is 1. The third-order valence-corrected chi connectivity index (χ3v) is 5.37. The van der Waals surface area contributed by atoms with Crippen molar-refractivity contribution >= 4 is 11.8 Å². The zero-order valence-electron chi connectivity index (χ0n) is 15.1. The summed E-state index contributed by atoms with van der Waals surface area (Å²) in [5, 5.41) is 0. The molecule has 0 bridgehead atoms. The van der Waals surface area contributed by atoms with E-state index in [1.54, 1.807) is 13.2 Å². The van der Waals surface area contributed by atoms with Crippen molar-refractivity contribution in [1.29, 1.82) is 0 Å². The highest BCUT2D eigenvalue weighted by atomic mass is 16.5. The summed E-state index contributed by atoms with van der Waals surface area (Å²) in [4.78, 5) is 29.3. The molecular formula is C20H28N2O3. The minimum absolute atomic E-state index is 0.0274. The van der Waals surface area contributed by atoms with Crippen LogP contribution >= 0.6 is 0 Å². The lowest BCUT2D eigenvalue weighted by molar-refractivity contribution is -0.136. The number of hydrogen-bond acceptors (Lipinski definition) is 3. The van der Waals surface area contributed by atoms with E-state index in [2.05, 4.69) is 4.90 Å². The zero-order valence-corrected chi connectivity index (χ0v) is 15.1. The summed E-state index contributed by atoms with van der Waals surface area (Å²) >= 11 is 0. The van der Waals surface area contributed by atoms with Crippen LogP contribution < -0.4 is 4.74 Å². The van der Waals surface area contributed by atoms with E-state index in [0.717, 1.165) is 38.8 Å². The molecule has 3 rings (SSSR count). The lowest BCUT2D eigenvalue weighted by Gasteiger charge is -2.34. The molecule has 0 spiro atoms. The van der Waals surface area contributed by atoms with Gasteiger partial charge >= 0.3 is 0 Å². The van der Waals surface area contributed by atoms with Gasteiger partial charge < -0.3 is 14.5 Å². The lowest BCUT2D eigenvalue weighted by atomic mass is 9.94. The van der Waals surface area contributed by atoms with Gasteiger partial charge in [0, 0.05) is 37.7 Å². The fraction of sp³-hybridized carbons (Fsp3) is 0.600. The number of rotatable bonds is 3. The van der Waals surface area contributed by atoms with E-state index < -0.39 is 0 Å². The molecule has 5 heteroatoms. The normalized spacial score (nSPS) is 19.4. The molecule has 2 aliphatic heterocycles. The molecule has 2 amide bonds. The minimum atomic E-state index is 0.0274. The molecule has 0 N–H and O–H groups in total. The first kappa shape index (κ1) is 17.8. The molecule has 0 atom stereocenters. The van der Waals surface area contributed by atoms with Gasteiger partial charge in [-0.3, -0.25) is 9.59 Å². The molecule has 2 aliphatic rings. The van der Waals surface area contributed by atoms with Gasteiger partial charge in [-0.15, -0.1) is 0 Å². The molecule has 25 heavy (non-hydrogen) atoms. The van der Waals surface area contributed by atoms with Crippen molar-refractivity contribution in [2.24, 2.45) is 5.92 Å². The third kappa shape index (κ3) is 4.33. The first-order valence-corrected chi connectivity index (χ1v) is 9.41. The van der Waals surface area contributed by atoms with Gasteiger partial charge in [0.1, 0.15) is 5.75 Å². The van der Waals surface area contributed by atoms with E-state index in [9.17, 15) is 9.59 Å². The van der Waals surface area contributed by atoms with E-state index in [1.165, 1.54) is 12.8 Å². The molecule has 1 aromatic rings. The van der Waals surface area contributed by atoms with Gasteiger partial charge in [-0.05, 0) is 43.9 Å². The summed E-state index contributed by atoms with van der Waals surface area (Å²) in [6.45, 7) is 3.12. The van der Waals surface area contributed by atoms with Crippen LogP contribution in [0.15, 0.2) is 24.3 Å². The summed E-state index contributed by atoms with van der Waals surface area (Å²) in [5.74, 6) is 1.10. The molecule has 0 aromatic heterocycles. The van der Waals surface area contributed by atoms with Crippen molar-refractivity contribution in [3.05, 3.63) is 29.8 Å². The maximum Gasteiger partial charge on any atom is 0.253 e. The van der Waals surface area contributed by atoms with Gasteiger partial charge in [0.2, 0.25) is 5.91 Å². The average Bonchev–Trinajstić information content (AvgIpc) is 2.96. The van der Waals surface area contributed by atoms with Gasteiger partial charge in [0.15, 0.2) is 0 Å². The van der Waals surface area contributed by atoms with E-state index in [-0.39, 0.29) is 11.8 Å². The lowest BCUT2D eigenvalue weighted by Crippen LogP contribution is -2.44. The van der Waals surface area contributed by atoms with Crippen molar-refractivity contribution in [1.82, 2.24) is 9.80 Å². The van der Waals surface area contributed by atoms with Crippen molar-refractivity contribution in [3.8, 4) is 5.75 Å². The second kappa shape index (κ2) is 8.37. The molecule has 136 valence electrons. The van der Waals surface area contributed by atoms with E-state index in [1.807, 2.05) is 23.1 Å². The summed E-state index contributed by atoms with van der Waals surface area (Å²) < 4.78 is 5.20. The molecular weight excluding hydrogens is 316 g/mol. The largest absolute Gasteiger partial charge is 0.497 e. The number of amides is 2. The Morgan fingerprint density at radius 3 is 2.28 bits per heavy atom. The quantitative estimate of drug-likeness (QED) is 0.847. The van der Waals surface area contributed by atoms with Crippen LogP contribution in [0, 0.1) is 5.92 Å². The van der Waals surface area contributed by atoms with Gasteiger partial charge in [-0.2, -0.15) is 0 Å². The Morgan fingerprint density at radius 1 is 0.960 bits per heavy atom. The first-order chi connectivity index (χ1) is 12.2. The monoisotopic (exact) mass is 344 g/mol. The van der Waals surface area contributed by atoms with E-state index in [4.69, 9.17) is 4.74 Å². The maximum atomic E-state index is 12.7. The van der Waals surface area contributed by atoms with Crippen LogP contribution in [-0.2, 0) is 4.79 Å². The molecule has 2 saturated heterocycles. The highest BCUT2D eigenvalue weighted by molar-refractivity contribution is 5.94. The Hall–Kier alpha value is -2.04. The molecule has 0 saturated carbocycles. The topological polar surface area (TPSA) is 49.9 Å². The second-order valence-electron chi connectivity index (χ2n) is 7.04. The van der Waals surface area contributed by atoms with Gasteiger partial charge in [-0.1, -0.05) is 18.9 Å². The maximum absolute atomic E-state index is 12.7. The number of ether oxygens (including phenoxy) is 1. The molecule has 0 unspecified atom stereocenters. The predicted octanol–water partition coefficient (Wildman–Crippen LogP) is 2.95. The number of methoxy groups -OCH3 is 1. The Balaban J connectivity index is 1.55. The fourth-order valence-electron chi connectivity index (χ4n) is 3.82. The highest BCUT2D eigenvalue weighted by Crippen LogP contribution is 2.23. The van der Waals surface area contributed by atoms with Gasteiger partial charge in [0.25, 0.3) is 5.91 Å². The van der Waals surface area contributed by atoms with Crippen LogP contribution in [0.5, 0.6) is 5.75 Å². The van der Waals surface area contributed by atoms with Crippen molar-refractivity contribution in [3.63, 3.8) is 0 Å². The summed E-state index contributed by atoms with van der Waals surface area (Å²) in [5.41, 5.74) is 0.650. The van der Waals surface area contributed by atoms with Crippen LogP contribution in [-0.4, -0.2) is 54.9 Å². The third-order valence-electron chi connectivity index (χ3n) is 5.37. The Kier molecular flexibility index (Phi) is 5.95. The van der Waals surface area contributed by atoms with Crippen molar-refractivity contribution in [2.75, 3.05) is 33.3 Å². The van der Waals surface area contributed by atoms with Crippen LogP contribution in [0.4, 0.5) is 0 Å². The Labute approximate surface area is 149 Å². The van der Waals surface area contributed by atoms with Crippen LogP contribution in [0.2, 0.25) is 0 Å². The molecule has 2 fully saturated rings. The standard InChI is InChI=1S/C20H28N2O3/c1-25-18-8-6-7-17(15-18)20(24)22-13-9-16(10-14-22)19(23)21-11-4-2-3-5-12-21/h6-8,15-16H,2-5,9-14H2,1H3. The highest BCUT2D eigenvalue weighted by Gasteiger charge is 2.30. The smallest absolute Gasteiger partial charge is 0.253 e. The molecule has 5 nitrogen and oxygen atoms in total. The first-order valence-electron chi connectivity index (χ1n) is 9.41. The van der Waals surface area contributed by atoms with Gasteiger partial charge in [0.05, 0.1) is 7.11 Å². The number of likely N-dealkylation sites (tertiary alicyclic amines) is 2. The summed E-state index contributed by atoms with van der Waals surface area (Å²) in [6, 6.07) is 7.26. The number of hydrogen-bond donors (Lipinski definition) is 0. The average molecular weight is 344 g/mol. The van der Waals surface area contributed by atoms with E-state index >= 15 is 0 Å². The van der Waals surface area contributed by atoms with Crippen LogP contribution in [0.3, 0.4) is 0 Å². The van der Waals surface area contributed by atoms with E-state index in [0.29, 0.717) is 30.3 Å². The number of piperidine rings is 1.